The molecule has 5 rings (SSSR count). The molecule has 3 aromatic rings. The number of carbonyl (C=O) groups is 5. The summed E-state index contributed by atoms with van der Waals surface area (Å²) in [7, 11) is 0. The Balaban J connectivity index is 1.37. The Hall–Kier alpha value is -4.29. The van der Waals surface area contributed by atoms with Crippen LogP contribution in [0.15, 0.2) is 79.5 Å². The highest BCUT2D eigenvalue weighted by molar-refractivity contribution is 8.00. The molecule has 10 nitrogen and oxygen atoms in total. The van der Waals surface area contributed by atoms with Gasteiger partial charge < -0.3 is 15.0 Å². The lowest BCUT2D eigenvalue weighted by Crippen LogP contribution is -2.74. The minimum atomic E-state index is -1.19. The SMILES string of the molecule is C=CC1(C(=O)OC(c2ccccc2)c2ccccc2)CS[C@@H]2C(N(C(=O)C=O)c3cnc(NC=O)s3)C(=O)N2C1. The number of hydrogen-bond acceptors (Lipinski definition) is 9. The molecule has 2 aliphatic rings. The largest absolute Gasteiger partial charge is 0.452 e. The van der Waals surface area contributed by atoms with Gasteiger partial charge in [0.1, 0.15) is 21.8 Å². The number of fused-ring (bicyclic) bond motifs is 1. The summed E-state index contributed by atoms with van der Waals surface area (Å²) in [6, 6.07) is 17.8. The number of carbonyl (C=O) groups excluding carboxylic acids is 5. The summed E-state index contributed by atoms with van der Waals surface area (Å²) in [6.45, 7) is 3.91. The molecular formula is C28H24N4O6S2. The molecular weight excluding hydrogens is 552 g/mol. The second-order valence-corrected chi connectivity index (χ2v) is 11.3. The molecule has 0 radical (unpaired) electrons. The minimum Gasteiger partial charge on any atom is -0.452 e. The number of rotatable bonds is 10. The first-order valence-corrected chi connectivity index (χ1v) is 14.1. The van der Waals surface area contributed by atoms with E-state index >= 15 is 0 Å². The van der Waals surface area contributed by atoms with Crippen molar-refractivity contribution < 1.29 is 28.7 Å². The van der Waals surface area contributed by atoms with Crippen molar-refractivity contribution in [2.75, 3.05) is 22.5 Å². The zero-order valence-corrected chi connectivity index (χ0v) is 22.7. The van der Waals surface area contributed by atoms with Crippen molar-refractivity contribution in [3.8, 4) is 0 Å². The van der Waals surface area contributed by atoms with Gasteiger partial charge in [-0.05, 0) is 11.1 Å². The summed E-state index contributed by atoms with van der Waals surface area (Å²) in [6.07, 6.45) is 2.75. The van der Waals surface area contributed by atoms with Crippen LogP contribution >= 0.6 is 23.1 Å². The highest BCUT2D eigenvalue weighted by Gasteiger charge is 2.59. The van der Waals surface area contributed by atoms with Crippen LogP contribution in [0.1, 0.15) is 17.2 Å². The number of esters is 1. The van der Waals surface area contributed by atoms with Crippen LogP contribution in [0, 0.1) is 5.41 Å². The van der Waals surface area contributed by atoms with Crippen LogP contribution in [-0.4, -0.2) is 64.1 Å². The van der Waals surface area contributed by atoms with E-state index in [9.17, 15) is 24.0 Å². The Bertz CT molecular complexity index is 1410. The highest BCUT2D eigenvalue weighted by Crippen LogP contribution is 2.47. The molecule has 0 aliphatic carbocycles. The molecule has 3 heterocycles. The summed E-state index contributed by atoms with van der Waals surface area (Å²) in [5.41, 5.74) is 0.423. The predicted octanol–water partition coefficient (Wildman–Crippen LogP) is 3.03. The van der Waals surface area contributed by atoms with E-state index in [-0.39, 0.29) is 28.7 Å². The second kappa shape index (κ2) is 11.4. The molecule has 0 spiro atoms. The van der Waals surface area contributed by atoms with E-state index in [1.54, 1.807) is 0 Å². The van der Waals surface area contributed by atoms with Gasteiger partial charge in [0.25, 0.3) is 5.91 Å². The maximum absolute atomic E-state index is 13.7. The number of thiazole rings is 1. The number of hydrogen-bond donors (Lipinski definition) is 1. The maximum Gasteiger partial charge on any atom is 0.319 e. The number of nitrogens with one attached hydrogen (secondary N) is 1. The molecule has 3 atom stereocenters. The summed E-state index contributed by atoms with van der Waals surface area (Å²) in [5, 5.41) is 2.35. The third-order valence-electron chi connectivity index (χ3n) is 6.83. The van der Waals surface area contributed by atoms with Crippen LogP contribution in [0.3, 0.4) is 0 Å². The standard InChI is InChI=1S/C28H24N4O6S2/c1-2-28(26(37)38-23(18-9-5-3-6-10-18)19-11-7-4-8-12-19)15-31-24(36)22(25(31)39-16-28)32(20(35)14-33)21-13-29-27(40-21)30-17-34/h2-14,17,22-23,25H,1,15-16H2,(H,29,30,34)/t22?,25-,28?/m1/s1. The van der Waals surface area contributed by atoms with E-state index in [2.05, 4.69) is 16.9 Å². The van der Waals surface area contributed by atoms with Gasteiger partial charge in [0.05, 0.1) is 6.20 Å². The molecule has 2 unspecified atom stereocenters. The molecule has 2 saturated heterocycles. The fourth-order valence-corrected chi connectivity index (χ4v) is 7.14. The van der Waals surface area contributed by atoms with Crippen molar-refractivity contribution in [3.05, 3.63) is 90.6 Å². The van der Waals surface area contributed by atoms with Crippen molar-refractivity contribution >= 4 is 63.7 Å². The smallest absolute Gasteiger partial charge is 0.319 e. The van der Waals surface area contributed by atoms with Gasteiger partial charge in [-0.25, -0.2) is 4.98 Å². The van der Waals surface area contributed by atoms with Crippen molar-refractivity contribution in [3.63, 3.8) is 0 Å². The third-order valence-corrected chi connectivity index (χ3v) is 9.30. The van der Waals surface area contributed by atoms with Crippen molar-refractivity contribution in [2.24, 2.45) is 5.41 Å². The lowest BCUT2D eigenvalue weighted by Gasteiger charge is -2.55. The first-order valence-electron chi connectivity index (χ1n) is 12.2. The van der Waals surface area contributed by atoms with Crippen LogP contribution in [-0.2, 0) is 28.7 Å². The first-order chi connectivity index (χ1) is 19.4. The van der Waals surface area contributed by atoms with Crippen molar-refractivity contribution in [1.29, 1.82) is 0 Å². The average molecular weight is 577 g/mol. The topological polar surface area (TPSA) is 126 Å². The van der Waals surface area contributed by atoms with Gasteiger partial charge in [-0.15, -0.1) is 18.3 Å². The monoisotopic (exact) mass is 576 g/mol. The maximum atomic E-state index is 13.7. The number of nitrogens with zero attached hydrogens (tertiary/aromatic N) is 3. The zero-order chi connectivity index (χ0) is 28.3. The van der Waals surface area contributed by atoms with Gasteiger partial charge in [-0.3, -0.25) is 28.9 Å². The molecule has 1 aromatic heterocycles. The predicted molar refractivity (Wildman–Crippen MR) is 151 cm³/mol. The Morgan fingerprint density at radius 2 is 1.77 bits per heavy atom. The number of benzene rings is 2. The van der Waals surface area contributed by atoms with Gasteiger partial charge >= 0.3 is 5.97 Å². The first kappa shape index (κ1) is 27.3. The molecule has 1 N–H and O–H groups in total. The van der Waals surface area contributed by atoms with Crippen LogP contribution < -0.4 is 10.2 Å². The molecule has 12 heteroatoms. The third kappa shape index (κ3) is 4.91. The quantitative estimate of drug-likeness (QED) is 0.128. The fourth-order valence-electron chi connectivity index (χ4n) is 4.75. The minimum absolute atomic E-state index is 0.0163. The Kier molecular flexibility index (Phi) is 7.81. The number of ether oxygens (including phenoxy) is 1. The van der Waals surface area contributed by atoms with Crippen LogP contribution in [0.4, 0.5) is 10.1 Å². The van der Waals surface area contributed by atoms with E-state index in [1.165, 1.54) is 28.9 Å². The normalized spacial score (nSPS) is 21.5. The van der Waals surface area contributed by atoms with Crippen molar-refractivity contribution in [2.45, 2.75) is 17.5 Å². The average Bonchev–Trinajstić information content (AvgIpc) is 3.46. The van der Waals surface area contributed by atoms with Crippen LogP contribution in [0.25, 0.3) is 0 Å². The van der Waals surface area contributed by atoms with E-state index in [0.717, 1.165) is 27.4 Å². The zero-order valence-electron chi connectivity index (χ0n) is 21.0. The number of amides is 3. The molecule has 2 aliphatic heterocycles. The lowest BCUT2D eigenvalue weighted by molar-refractivity contribution is -0.161. The van der Waals surface area contributed by atoms with Gasteiger partial charge in [-0.2, -0.15) is 0 Å². The van der Waals surface area contributed by atoms with E-state index < -0.39 is 40.7 Å². The summed E-state index contributed by atoms with van der Waals surface area (Å²) >= 11 is 2.27. The van der Waals surface area contributed by atoms with Gasteiger partial charge in [0, 0.05) is 12.3 Å². The Morgan fingerprint density at radius 3 is 2.35 bits per heavy atom. The van der Waals surface area contributed by atoms with Gasteiger partial charge in [0.15, 0.2) is 11.2 Å². The number of aromatic nitrogens is 1. The van der Waals surface area contributed by atoms with Gasteiger partial charge in [0.2, 0.25) is 18.6 Å². The molecule has 3 amide bonds. The summed E-state index contributed by atoms with van der Waals surface area (Å²) in [5.74, 6) is -1.60. The molecule has 2 aromatic carbocycles. The van der Waals surface area contributed by atoms with E-state index in [4.69, 9.17) is 4.74 Å². The van der Waals surface area contributed by atoms with Crippen LogP contribution in [0.5, 0.6) is 0 Å². The molecule has 2 fully saturated rings. The second-order valence-electron chi connectivity index (χ2n) is 9.17. The summed E-state index contributed by atoms with van der Waals surface area (Å²) in [4.78, 5) is 68.5. The van der Waals surface area contributed by atoms with Gasteiger partial charge in [-0.1, -0.05) is 78.1 Å². The number of thioether (sulfide) groups is 1. The molecule has 0 bridgehead atoms. The Labute approximate surface area is 238 Å². The summed E-state index contributed by atoms with van der Waals surface area (Å²) < 4.78 is 6.11. The molecule has 0 saturated carbocycles. The Morgan fingerprint density at radius 1 is 1.12 bits per heavy atom. The van der Waals surface area contributed by atoms with Crippen molar-refractivity contribution in [1.82, 2.24) is 9.88 Å². The fraction of sp³-hybridized carbons (Fsp3) is 0.214. The highest BCUT2D eigenvalue weighted by atomic mass is 32.2. The molecule has 204 valence electrons. The lowest BCUT2D eigenvalue weighted by atomic mass is 9.86. The van der Waals surface area contributed by atoms with Crippen LogP contribution in [0.2, 0.25) is 0 Å². The number of β-lactam (4-membered cyclic amide) rings is 1. The number of aldehydes is 1. The van der Waals surface area contributed by atoms with E-state index in [1.807, 2.05) is 60.7 Å². The van der Waals surface area contributed by atoms with E-state index in [0.29, 0.717) is 6.41 Å². The number of anilines is 2. The molecule has 40 heavy (non-hydrogen) atoms.